The van der Waals surface area contributed by atoms with Crippen molar-refractivity contribution in [2.24, 2.45) is 0 Å². The number of unbranched alkanes of at least 4 members (excludes halogenated alkanes) is 1. The standard InChI is InChI=1S/C10H12O/c1-2-3-6-11-10-7-8-4-5-9(8)10/h4-5,7H,2-3,6H2,1H3. The summed E-state index contributed by atoms with van der Waals surface area (Å²) in [4.78, 5) is 0. The maximum atomic E-state index is 5.50. The van der Waals surface area contributed by atoms with Gasteiger partial charge in [-0.2, -0.15) is 0 Å². The molecule has 0 amide bonds. The lowest BCUT2D eigenvalue weighted by Gasteiger charge is -2.12. The van der Waals surface area contributed by atoms with E-state index in [0.29, 0.717) is 0 Å². The van der Waals surface area contributed by atoms with Gasteiger partial charge in [0.2, 0.25) is 0 Å². The van der Waals surface area contributed by atoms with E-state index in [4.69, 9.17) is 4.74 Å². The fourth-order valence-electron chi connectivity index (χ4n) is 1.20. The lowest BCUT2D eigenvalue weighted by molar-refractivity contribution is 0.304. The molecule has 0 N–H and O–H groups in total. The van der Waals surface area contributed by atoms with E-state index in [0.717, 1.165) is 18.8 Å². The average molecular weight is 148 g/mol. The normalized spacial score (nSPS) is 11.4. The van der Waals surface area contributed by atoms with Crippen LogP contribution in [0.15, 0.2) is 18.2 Å². The molecule has 0 saturated heterocycles. The first-order valence-corrected chi connectivity index (χ1v) is 4.19. The van der Waals surface area contributed by atoms with Crippen molar-refractivity contribution < 1.29 is 4.74 Å². The molecule has 0 spiro atoms. The van der Waals surface area contributed by atoms with Crippen molar-refractivity contribution in [2.45, 2.75) is 19.8 Å². The predicted molar refractivity (Wildman–Crippen MR) is 44.5 cm³/mol. The molecule has 2 rings (SSSR count). The Morgan fingerprint density at radius 2 is 2.27 bits per heavy atom. The Morgan fingerprint density at radius 3 is 2.73 bits per heavy atom. The minimum Gasteiger partial charge on any atom is -0.493 e. The molecule has 1 heteroatoms. The van der Waals surface area contributed by atoms with Crippen LogP contribution in [0.5, 0.6) is 5.75 Å². The van der Waals surface area contributed by atoms with Crippen LogP contribution in [0.3, 0.4) is 0 Å². The summed E-state index contributed by atoms with van der Waals surface area (Å²) in [6, 6.07) is 6.32. The maximum Gasteiger partial charge on any atom is 0.127 e. The van der Waals surface area contributed by atoms with Gasteiger partial charge in [0.1, 0.15) is 5.75 Å². The summed E-state index contributed by atoms with van der Waals surface area (Å²) in [7, 11) is 0. The molecule has 2 aliphatic carbocycles. The third kappa shape index (κ3) is 1.01. The number of ether oxygens (including phenoxy) is 1. The third-order valence-corrected chi connectivity index (χ3v) is 2.05. The molecule has 58 valence electrons. The summed E-state index contributed by atoms with van der Waals surface area (Å²) in [6.07, 6.45) is 2.36. The Morgan fingerprint density at radius 1 is 1.36 bits per heavy atom. The van der Waals surface area contributed by atoms with Crippen molar-refractivity contribution in [3.63, 3.8) is 0 Å². The summed E-state index contributed by atoms with van der Waals surface area (Å²) in [5.74, 6) is 1.09. The Balaban J connectivity index is 1.87. The van der Waals surface area contributed by atoms with E-state index in [1.165, 1.54) is 16.9 Å². The molecule has 0 saturated carbocycles. The van der Waals surface area contributed by atoms with Gasteiger partial charge in [-0.3, -0.25) is 0 Å². The second-order valence-corrected chi connectivity index (χ2v) is 2.91. The second-order valence-electron chi connectivity index (χ2n) is 2.91. The smallest absolute Gasteiger partial charge is 0.127 e. The van der Waals surface area contributed by atoms with Crippen molar-refractivity contribution in [1.29, 1.82) is 0 Å². The van der Waals surface area contributed by atoms with E-state index in [9.17, 15) is 0 Å². The van der Waals surface area contributed by atoms with E-state index in [2.05, 4.69) is 25.1 Å². The van der Waals surface area contributed by atoms with Gasteiger partial charge in [0.15, 0.2) is 0 Å². The lowest BCUT2D eigenvalue weighted by Crippen LogP contribution is -2.01. The van der Waals surface area contributed by atoms with Gasteiger partial charge < -0.3 is 4.74 Å². The van der Waals surface area contributed by atoms with Crippen LogP contribution in [-0.2, 0) is 0 Å². The molecular weight excluding hydrogens is 136 g/mol. The number of rotatable bonds is 4. The molecule has 0 aromatic rings. The highest BCUT2D eigenvalue weighted by molar-refractivity contribution is 5.38. The molecule has 0 heterocycles. The Bertz CT molecular complexity index is 340. The van der Waals surface area contributed by atoms with E-state index < -0.39 is 0 Å². The predicted octanol–water partition coefficient (Wildman–Crippen LogP) is 2.47. The van der Waals surface area contributed by atoms with E-state index >= 15 is 0 Å². The lowest BCUT2D eigenvalue weighted by atomic mass is 10.1. The zero-order chi connectivity index (χ0) is 7.68. The summed E-state index contributed by atoms with van der Waals surface area (Å²) >= 11 is 0. The first kappa shape index (κ1) is 6.71. The van der Waals surface area contributed by atoms with Gasteiger partial charge in [-0.15, -0.1) is 0 Å². The summed E-state index contributed by atoms with van der Waals surface area (Å²) in [6.45, 7) is 3.04. The summed E-state index contributed by atoms with van der Waals surface area (Å²) in [5, 5.41) is 2.68. The van der Waals surface area contributed by atoms with E-state index in [1.807, 2.05) is 0 Å². The topological polar surface area (TPSA) is 9.23 Å². The van der Waals surface area contributed by atoms with Gasteiger partial charge in [-0.25, -0.2) is 0 Å². The largest absolute Gasteiger partial charge is 0.493 e. The quantitative estimate of drug-likeness (QED) is 0.605. The van der Waals surface area contributed by atoms with Gasteiger partial charge in [0, 0.05) is 5.22 Å². The van der Waals surface area contributed by atoms with Gasteiger partial charge >= 0.3 is 0 Å². The molecule has 0 aliphatic heterocycles. The fourth-order valence-corrected chi connectivity index (χ4v) is 1.20. The summed E-state index contributed by atoms with van der Waals surface area (Å²) < 4.78 is 5.50. The molecule has 1 nitrogen and oxygen atoms in total. The van der Waals surface area contributed by atoms with Crippen molar-refractivity contribution >= 4 is 0 Å². The minimum absolute atomic E-state index is 0.868. The van der Waals surface area contributed by atoms with Crippen LogP contribution in [0.2, 0.25) is 0 Å². The van der Waals surface area contributed by atoms with Crippen LogP contribution >= 0.6 is 0 Å². The number of hydrogen-bond donors (Lipinski definition) is 0. The molecule has 0 aromatic carbocycles. The summed E-state index contributed by atoms with van der Waals surface area (Å²) in [5.41, 5.74) is 0. The highest BCUT2D eigenvalue weighted by atomic mass is 16.5. The highest BCUT2D eigenvalue weighted by Crippen LogP contribution is 2.23. The van der Waals surface area contributed by atoms with Crippen molar-refractivity contribution in [3.05, 3.63) is 28.6 Å². The fraction of sp³-hybridized carbons (Fsp3) is 0.400. The van der Waals surface area contributed by atoms with Crippen LogP contribution in [-0.4, -0.2) is 6.61 Å². The van der Waals surface area contributed by atoms with Crippen LogP contribution in [0, 0.1) is 10.4 Å². The molecule has 0 aromatic heterocycles. The highest BCUT2D eigenvalue weighted by Gasteiger charge is 2.05. The zero-order valence-corrected chi connectivity index (χ0v) is 6.76. The second kappa shape index (κ2) is 2.57. The van der Waals surface area contributed by atoms with Gasteiger partial charge in [0.05, 0.1) is 6.61 Å². The van der Waals surface area contributed by atoms with Crippen molar-refractivity contribution in [3.8, 4) is 5.75 Å². The van der Waals surface area contributed by atoms with E-state index in [-0.39, 0.29) is 0 Å². The first-order chi connectivity index (χ1) is 5.42. The molecule has 0 radical (unpaired) electrons. The molecule has 0 fully saturated rings. The van der Waals surface area contributed by atoms with Crippen LogP contribution in [0.1, 0.15) is 19.8 Å². The van der Waals surface area contributed by atoms with Gasteiger partial charge in [-0.1, -0.05) is 25.5 Å². The van der Waals surface area contributed by atoms with Crippen LogP contribution in [0.4, 0.5) is 0 Å². The third-order valence-electron chi connectivity index (χ3n) is 2.05. The van der Waals surface area contributed by atoms with Crippen molar-refractivity contribution in [2.75, 3.05) is 6.61 Å². The SMILES string of the molecule is CCCCOc1cc2ccc1=2. The minimum atomic E-state index is 0.868. The zero-order valence-electron chi connectivity index (χ0n) is 6.76. The molecular formula is C10H12O. The Hall–Kier alpha value is -0.980. The van der Waals surface area contributed by atoms with Crippen LogP contribution in [0.25, 0.3) is 0 Å². The Labute approximate surface area is 66.3 Å². The monoisotopic (exact) mass is 148 g/mol. The maximum absolute atomic E-state index is 5.50. The van der Waals surface area contributed by atoms with Crippen LogP contribution < -0.4 is 4.74 Å². The van der Waals surface area contributed by atoms with Gasteiger partial charge in [-0.05, 0) is 17.7 Å². The number of hydrogen-bond acceptors (Lipinski definition) is 1. The first-order valence-electron chi connectivity index (χ1n) is 4.19. The van der Waals surface area contributed by atoms with Crippen molar-refractivity contribution in [1.82, 2.24) is 0 Å². The number of benzene rings is 1. The molecule has 0 atom stereocenters. The molecule has 0 unspecified atom stereocenters. The van der Waals surface area contributed by atoms with Gasteiger partial charge in [0.25, 0.3) is 0 Å². The Kier molecular flexibility index (Phi) is 1.57. The van der Waals surface area contributed by atoms with E-state index in [1.54, 1.807) is 0 Å². The molecule has 11 heavy (non-hydrogen) atoms. The average Bonchev–Trinajstić information content (AvgIpc) is 1.98. The molecule has 0 bridgehead atoms. The molecule has 2 aliphatic rings.